The third-order valence-electron chi connectivity index (χ3n) is 3.75. The molecule has 2 unspecified atom stereocenters. The Bertz CT molecular complexity index is 701. The van der Waals surface area contributed by atoms with Gasteiger partial charge in [0.05, 0.1) is 7.11 Å². The zero-order valence-electron chi connectivity index (χ0n) is 14.3. The fourth-order valence-electron chi connectivity index (χ4n) is 2.32. The van der Waals surface area contributed by atoms with Crippen molar-refractivity contribution in [3.63, 3.8) is 0 Å². The van der Waals surface area contributed by atoms with Crippen molar-refractivity contribution >= 4 is 12.1 Å². The van der Waals surface area contributed by atoms with E-state index in [0.717, 1.165) is 16.9 Å². The van der Waals surface area contributed by atoms with Crippen LogP contribution in [0.3, 0.4) is 0 Å². The molecule has 0 aliphatic carbocycles. The molecule has 132 valence electrons. The molecule has 0 spiro atoms. The highest BCUT2D eigenvalue weighted by Gasteiger charge is 2.21. The average Bonchev–Trinajstić information content (AvgIpc) is 2.62. The molecule has 0 bridgehead atoms. The van der Waals surface area contributed by atoms with Gasteiger partial charge >= 0.3 is 6.01 Å². The Kier molecular flexibility index (Phi) is 6.45. The van der Waals surface area contributed by atoms with Gasteiger partial charge in [0.25, 0.3) is 5.91 Å². The van der Waals surface area contributed by atoms with E-state index in [1.165, 1.54) is 6.21 Å². The average molecular weight is 342 g/mol. The van der Waals surface area contributed by atoms with Crippen molar-refractivity contribution in [1.82, 2.24) is 9.97 Å². The van der Waals surface area contributed by atoms with Crippen molar-refractivity contribution in [3.8, 4) is 22.9 Å². The third kappa shape index (κ3) is 5.27. The summed E-state index contributed by atoms with van der Waals surface area (Å²) in [4.78, 5) is 19.9. The van der Waals surface area contributed by atoms with Crippen molar-refractivity contribution in [2.24, 2.45) is 11.7 Å². The SMILES string of the molecule is COc1ccc(-c2cnc(OC(CC(C)CC=N)C(N)=O)nc2)cc1. The van der Waals surface area contributed by atoms with Gasteiger partial charge in [-0.3, -0.25) is 4.79 Å². The Morgan fingerprint density at radius 2 is 1.88 bits per heavy atom. The van der Waals surface area contributed by atoms with E-state index in [9.17, 15) is 4.79 Å². The Hall–Kier alpha value is -2.96. The van der Waals surface area contributed by atoms with Gasteiger partial charge < -0.3 is 20.6 Å². The van der Waals surface area contributed by atoms with Crippen LogP contribution in [0.25, 0.3) is 11.1 Å². The minimum atomic E-state index is -0.818. The van der Waals surface area contributed by atoms with Crippen LogP contribution in [0.2, 0.25) is 0 Å². The summed E-state index contributed by atoms with van der Waals surface area (Å²) in [5.74, 6) is 0.307. The fraction of sp³-hybridized carbons (Fsp3) is 0.333. The number of aromatic nitrogens is 2. The molecular weight excluding hydrogens is 320 g/mol. The lowest BCUT2D eigenvalue weighted by atomic mass is 10.0. The van der Waals surface area contributed by atoms with Crippen LogP contribution in [0.1, 0.15) is 19.8 Å². The summed E-state index contributed by atoms with van der Waals surface area (Å²) >= 11 is 0. The lowest BCUT2D eigenvalue weighted by Gasteiger charge is -2.17. The van der Waals surface area contributed by atoms with Crippen LogP contribution in [0.4, 0.5) is 0 Å². The van der Waals surface area contributed by atoms with Crippen LogP contribution in [0.15, 0.2) is 36.7 Å². The van der Waals surface area contributed by atoms with Gasteiger partial charge in [-0.25, -0.2) is 9.97 Å². The summed E-state index contributed by atoms with van der Waals surface area (Å²) < 4.78 is 10.7. The monoisotopic (exact) mass is 342 g/mol. The molecule has 25 heavy (non-hydrogen) atoms. The van der Waals surface area contributed by atoms with Crippen LogP contribution in [0.5, 0.6) is 11.8 Å². The molecule has 1 amide bonds. The zero-order valence-corrected chi connectivity index (χ0v) is 14.3. The second kappa shape index (κ2) is 8.77. The number of primary amides is 1. The van der Waals surface area contributed by atoms with Gasteiger partial charge in [-0.2, -0.15) is 0 Å². The predicted octanol–water partition coefficient (Wildman–Crippen LogP) is 2.45. The Labute approximate surface area is 146 Å². The van der Waals surface area contributed by atoms with Crippen molar-refractivity contribution < 1.29 is 14.3 Å². The molecule has 2 aromatic rings. The number of rotatable bonds is 9. The van der Waals surface area contributed by atoms with E-state index in [1.54, 1.807) is 19.5 Å². The molecule has 3 N–H and O–H groups in total. The number of nitrogens with two attached hydrogens (primary N) is 1. The van der Waals surface area contributed by atoms with Gasteiger partial charge in [0.15, 0.2) is 6.10 Å². The Balaban J connectivity index is 2.06. The molecule has 0 radical (unpaired) electrons. The maximum absolute atomic E-state index is 11.6. The molecular formula is C18H22N4O3. The number of nitrogens with one attached hydrogen (secondary N) is 1. The smallest absolute Gasteiger partial charge is 0.317 e. The van der Waals surface area contributed by atoms with E-state index >= 15 is 0 Å². The second-order valence-electron chi connectivity index (χ2n) is 5.77. The molecule has 0 aliphatic heterocycles. The van der Waals surface area contributed by atoms with E-state index in [0.29, 0.717) is 12.8 Å². The third-order valence-corrected chi connectivity index (χ3v) is 3.75. The van der Waals surface area contributed by atoms with Gasteiger partial charge in [0.1, 0.15) is 5.75 Å². The summed E-state index contributed by atoms with van der Waals surface area (Å²) in [7, 11) is 1.61. The van der Waals surface area contributed by atoms with Crippen LogP contribution in [-0.2, 0) is 4.79 Å². The topological polar surface area (TPSA) is 111 Å². The normalized spacial score (nSPS) is 12.9. The first-order valence-corrected chi connectivity index (χ1v) is 7.95. The quantitative estimate of drug-likeness (QED) is 0.680. The summed E-state index contributed by atoms with van der Waals surface area (Å²) in [5.41, 5.74) is 7.15. The highest BCUT2D eigenvalue weighted by atomic mass is 16.5. The van der Waals surface area contributed by atoms with Crippen molar-refractivity contribution in [2.75, 3.05) is 7.11 Å². The van der Waals surface area contributed by atoms with Crippen LogP contribution in [0, 0.1) is 11.3 Å². The summed E-state index contributed by atoms with van der Waals surface area (Å²) in [6.45, 7) is 1.93. The number of carbonyl (C=O) groups excluding carboxylic acids is 1. The maximum Gasteiger partial charge on any atom is 0.317 e. The van der Waals surface area contributed by atoms with Crippen molar-refractivity contribution in [3.05, 3.63) is 36.7 Å². The summed E-state index contributed by atoms with van der Waals surface area (Å²) in [6, 6.07) is 7.62. The molecule has 1 aromatic carbocycles. The molecule has 2 atom stereocenters. The number of hydrogen-bond donors (Lipinski definition) is 2. The molecule has 7 heteroatoms. The number of hydrogen-bond acceptors (Lipinski definition) is 6. The van der Waals surface area contributed by atoms with Crippen LogP contribution in [-0.4, -0.2) is 35.3 Å². The first-order valence-electron chi connectivity index (χ1n) is 7.95. The van der Waals surface area contributed by atoms with E-state index in [4.69, 9.17) is 20.6 Å². The number of benzene rings is 1. The molecule has 1 heterocycles. The van der Waals surface area contributed by atoms with E-state index < -0.39 is 12.0 Å². The largest absolute Gasteiger partial charge is 0.497 e. The molecule has 0 aliphatic rings. The lowest BCUT2D eigenvalue weighted by Crippen LogP contribution is -2.35. The Morgan fingerprint density at radius 1 is 1.24 bits per heavy atom. The summed E-state index contributed by atoms with van der Waals surface area (Å²) in [6.07, 6.45) is 4.72. The van der Waals surface area contributed by atoms with E-state index in [1.807, 2.05) is 31.2 Å². The molecule has 0 saturated heterocycles. The molecule has 0 fully saturated rings. The summed E-state index contributed by atoms with van der Waals surface area (Å²) in [5, 5.41) is 7.12. The molecule has 1 aromatic heterocycles. The number of amides is 1. The van der Waals surface area contributed by atoms with Crippen molar-refractivity contribution in [2.45, 2.75) is 25.9 Å². The minimum absolute atomic E-state index is 0.100. The van der Waals surface area contributed by atoms with E-state index in [2.05, 4.69) is 9.97 Å². The van der Waals surface area contributed by atoms with E-state index in [-0.39, 0.29) is 11.9 Å². The van der Waals surface area contributed by atoms with Crippen LogP contribution < -0.4 is 15.2 Å². The first kappa shape index (κ1) is 18.4. The number of methoxy groups -OCH3 is 1. The maximum atomic E-state index is 11.6. The number of carbonyl (C=O) groups is 1. The molecule has 2 rings (SSSR count). The number of nitrogens with zero attached hydrogens (tertiary/aromatic N) is 2. The molecule has 7 nitrogen and oxygen atoms in total. The van der Waals surface area contributed by atoms with Gasteiger partial charge in [0.2, 0.25) is 0 Å². The fourth-order valence-corrected chi connectivity index (χ4v) is 2.32. The second-order valence-corrected chi connectivity index (χ2v) is 5.77. The van der Waals surface area contributed by atoms with Gasteiger partial charge in [-0.1, -0.05) is 19.1 Å². The first-order chi connectivity index (χ1) is 12.0. The Morgan fingerprint density at radius 3 is 2.40 bits per heavy atom. The lowest BCUT2D eigenvalue weighted by molar-refractivity contribution is -0.125. The minimum Gasteiger partial charge on any atom is -0.497 e. The number of ether oxygens (including phenoxy) is 2. The van der Waals surface area contributed by atoms with Gasteiger partial charge in [-0.15, -0.1) is 0 Å². The standard InChI is InChI=1S/C18H22N4O3/c1-12(7-8-19)9-16(17(20)23)25-18-21-10-14(11-22-18)13-3-5-15(24-2)6-4-13/h3-6,8,10-12,16,19H,7,9H2,1-2H3,(H2,20,23). The highest BCUT2D eigenvalue weighted by Crippen LogP contribution is 2.22. The van der Waals surface area contributed by atoms with Crippen LogP contribution >= 0.6 is 0 Å². The zero-order chi connectivity index (χ0) is 18.2. The predicted molar refractivity (Wildman–Crippen MR) is 94.8 cm³/mol. The highest BCUT2D eigenvalue weighted by molar-refractivity contribution is 5.79. The van der Waals surface area contributed by atoms with Gasteiger partial charge in [-0.05, 0) is 42.7 Å². The van der Waals surface area contributed by atoms with Crippen molar-refractivity contribution in [1.29, 1.82) is 5.41 Å². The molecule has 0 saturated carbocycles. The van der Waals surface area contributed by atoms with Gasteiger partial charge in [0, 0.05) is 18.0 Å².